The van der Waals surface area contributed by atoms with Gasteiger partial charge in [0.25, 0.3) is 0 Å². The molecule has 2 N–H and O–H groups in total. The molecule has 0 bridgehead atoms. The Balaban J connectivity index is 1.71. The van der Waals surface area contributed by atoms with Gasteiger partial charge in [-0.15, -0.1) is 11.3 Å². The predicted octanol–water partition coefficient (Wildman–Crippen LogP) is 4.84. The van der Waals surface area contributed by atoms with Crippen LogP contribution in [0.15, 0.2) is 45.8 Å². The van der Waals surface area contributed by atoms with Crippen molar-refractivity contribution in [2.75, 3.05) is 7.11 Å². The summed E-state index contributed by atoms with van der Waals surface area (Å²) in [5.74, 6) is 0.923. The van der Waals surface area contributed by atoms with Crippen molar-refractivity contribution in [2.24, 2.45) is 5.14 Å². The largest absolute Gasteiger partial charge is 0.497 e. The van der Waals surface area contributed by atoms with Gasteiger partial charge in [-0.05, 0) is 61.2 Å². The number of nitrogens with two attached hydrogens (primary N) is 1. The molecule has 3 rings (SSSR count). The molecular formula is C19H21BrN2O3S2. The predicted molar refractivity (Wildman–Crippen MR) is 113 cm³/mol. The molecule has 1 aromatic heterocycles. The number of aryl methyl sites for hydroxylation is 1. The number of ether oxygens (including phenoxy) is 1. The van der Waals surface area contributed by atoms with E-state index in [1.165, 1.54) is 10.8 Å². The summed E-state index contributed by atoms with van der Waals surface area (Å²) in [7, 11) is -2.19. The molecule has 0 amide bonds. The van der Waals surface area contributed by atoms with Crippen LogP contribution in [0.3, 0.4) is 0 Å². The number of thiazole rings is 1. The second kappa shape index (κ2) is 8.26. The lowest BCUT2D eigenvalue weighted by atomic mass is 10.0. The second-order valence-corrected chi connectivity index (χ2v) is 9.98. The average molecular weight is 469 g/mol. The summed E-state index contributed by atoms with van der Waals surface area (Å²) in [5.41, 5.74) is 1.69. The molecule has 1 unspecified atom stereocenters. The standard InChI is InChI=1S/C19H21BrN2O3S2/c1-12(19-22-16-11-14(20)6-8-17(16)26-19)4-3-5-13-10-15(25-2)7-9-18(13)27(21,23)24/h6-12H,3-5H2,1-2H3,(H2,21,23,24). The number of hydrogen-bond acceptors (Lipinski definition) is 5. The van der Waals surface area contributed by atoms with Crippen LogP contribution < -0.4 is 9.88 Å². The highest BCUT2D eigenvalue weighted by atomic mass is 79.9. The number of sulfonamides is 1. The first-order valence-electron chi connectivity index (χ1n) is 8.53. The third-order valence-electron chi connectivity index (χ3n) is 4.45. The normalized spacial score (nSPS) is 13.0. The fraction of sp³-hybridized carbons (Fsp3) is 0.316. The van der Waals surface area contributed by atoms with E-state index in [0.717, 1.165) is 27.8 Å². The SMILES string of the molecule is COc1ccc(S(N)(=O)=O)c(CCCC(C)c2nc3cc(Br)ccc3s2)c1. The number of aromatic nitrogens is 1. The van der Waals surface area contributed by atoms with Crippen LogP contribution in [0.5, 0.6) is 5.75 Å². The van der Waals surface area contributed by atoms with Crippen LogP contribution >= 0.6 is 27.3 Å². The van der Waals surface area contributed by atoms with Gasteiger partial charge in [0.05, 0.1) is 27.2 Å². The summed E-state index contributed by atoms with van der Waals surface area (Å²) in [6.07, 6.45) is 2.35. The maximum Gasteiger partial charge on any atom is 0.238 e. The van der Waals surface area contributed by atoms with Crippen molar-refractivity contribution >= 4 is 47.5 Å². The number of hydrogen-bond donors (Lipinski definition) is 1. The molecule has 0 aliphatic rings. The molecule has 144 valence electrons. The molecule has 27 heavy (non-hydrogen) atoms. The van der Waals surface area contributed by atoms with Gasteiger partial charge in [-0.3, -0.25) is 0 Å². The highest BCUT2D eigenvalue weighted by molar-refractivity contribution is 9.10. The van der Waals surface area contributed by atoms with Crippen molar-refractivity contribution in [1.29, 1.82) is 0 Å². The van der Waals surface area contributed by atoms with E-state index < -0.39 is 10.0 Å². The Labute approximate surface area is 171 Å². The molecule has 0 saturated carbocycles. The number of rotatable bonds is 7. The van der Waals surface area contributed by atoms with E-state index in [4.69, 9.17) is 14.9 Å². The Kier molecular flexibility index (Phi) is 6.20. The van der Waals surface area contributed by atoms with E-state index in [0.29, 0.717) is 23.7 Å². The molecule has 3 aromatic rings. The van der Waals surface area contributed by atoms with Crippen molar-refractivity contribution in [2.45, 2.75) is 37.0 Å². The minimum absolute atomic E-state index is 0.167. The van der Waals surface area contributed by atoms with Gasteiger partial charge < -0.3 is 4.74 Å². The molecule has 0 aliphatic heterocycles. The van der Waals surface area contributed by atoms with Crippen LogP contribution in [0.1, 0.15) is 36.3 Å². The summed E-state index contributed by atoms with van der Waals surface area (Å²) in [6.45, 7) is 2.15. The minimum atomic E-state index is -3.75. The molecule has 0 aliphatic carbocycles. The molecule has 0 fully saturated rings. The quantitative estimate of drug-likeness (QED) is 0.537. The first-order valence-corrected chi connectivity index (χ1v) is 11.7. The number of halogens is 1. The van der Waals surface area contributed by atoms with Crippen LogP contribution in [-0.2, 0) is 16.4 Å². The van der Waals surface area contributed by atoms with E-state index in [2.05, 4.69) is 28.9 Å². The third-order valence-corrected chi connectivity index (χ3v) is 7.22. The molecule has 2 aromatic carbocycles. The average Bonchev–Trinajstić information content (AvgIpc) is 3.03. The Morgan fingerprint density at radius 3 is 2.74 bits per heavy atom. The van der Waals surface area contributed by atoms with E-state index in [-0.39, 0.29) is 4.90 Å². The maximum absolute atomic E-state index is 11.8. The number of nitrogens with zero attached hydrogens (tertiary/aromatic N) is 1. The lowest BCUT2D eigenvalue weighted by molar-refractivity contribution is 0.413. The summed E-state index contributed by atoms with van der Waals surface area (Å²) in [6, 6.07) is 11.0. The molecule has 1 heterocycles. The molecule has 1 atom stereocenters. The Hall–Kier alpha value is -1.48. The van der Waals surface area contributed by atoms with E-state index in [1.807, 2.05) is 12.1 Å². The van der Waals surface area contributed by atoms with Gasteiger partial charge in [-0.2, -0.15) is 0 Å². The lowest BCUT2D eigenvalue weighted by Gasteiger charge is -2.12. The number of primary sulfonamides is 1. The maximum atomic E-state index is 11.8. The molecule has 0 saturated heterocycles. The first kappa shape index (κ1) is 20.3. The van der Waals surface area contributed by atoms with Gasteiger partial charge in [0.15, 0.2) is 0 Å². The summed E-state index contributed by atoms with van der Waals surface area (Å²) >= 11 is 5.18. The van der Waals surface area contributed by atoms with Gasteiger partial charge in [0.2, 0.25) is 10.0 Å². The Morgan fingerprint density at radius 1 is 1.26 bits per heavy atom. The highest BCUT2D eigenvalue weighted by Crippen LogP contribution is 2.32. The zero-order valence-corrected chi connectivity index (χ0v) is 18.3. The van der Waals surface area contributed by atoms with Crippen molar-refractivity contribution in [3.05, 3.63) is 51.4 Å². The van der Waals surface area contributed by atoms with Crippen LogP contribution in [-0.4, -0.2) is 20.5 Å². The van der Waals surface area contributed by atoms with Gasteiger partial charge in [-0.25, -0.2) is 18.5 Å². The number of methoxy groups -OCH3 is 1. The van der Waals surface area contributed by atoms with Crippen LogP contribution in [0.2, 0.25) is 0 Å². The second-order valence-electron chi connectivity index (χ2n) is 6.48. The smallest absolute Gasteiger partial charge is 0.238 e. The Bertz CT molecular complexity index is 1060. The summed E-state index contributed by atoms with van der Waals surface area (Å²) in [5, 5.41) is 6.44. The number of benzene rings is 2. The topological polar surface area (TPSA) is 82.3 Å². The number of fused-ring (bicyclic) bond motifs is 1. The monoisotopic (exact) mass is 468 g/mol. The van der Waals surface area contributed by atoms with Gasteiger partial charge in [0.1, 0.15) is 5.75 Å². The highest BCUT2D eigenvalue weighted by Gasteiger charge is 2.16. The van der Waals surface area contributed by atoms with E-state index in [9.17, 15) is 8.42 Å². The van der Waals surface area contributed by atoms with Crippen LogP contribution in [0.25, 0.3) is 10.2 Å². The zero-order valence-electron chi connectivity index (χ0n) is 15.1. The molecular weight excluding hydrogens is 448 g/mol. The van der Waals surface area contributed by atoms with Crippen molar-refractivity contribution in [3.63, 3.8) is 0 Å². The zero-order chi connectivity index (χ0) is 19.6. The van der Waals surface area contributed by atoms with Gasteiger partial charge in [0, 0.05) is 10.4 Å². The van der Waals surface area contributed by atoms with Crippen molar-refractivity contribution in [1.82, 2.24) is 4.98 Å². The van der Waals surface area contributed by atoms with Gasteiger partial charge in [-0.1, -0.05) is 22.9 Å². The molecule has 0 spiro atoms. The van der Waals surface area contributed by atoms with Crippen LogP contribution in [0.4, 0.5) is 0 Å². The van der Waals surface area contributed by atoms with E-state index in [1.54, 1.807) is 30.6 Å². The minimum Gasteiger partial charge on any atom is -0.497 e. The lowest BCUT2D eigenvalue weighted by Crippen LogP contribution is -2.14. The van der Waals surface area contributed by atoms with Crippen molar-refractivity contribution < 1.29 is 13.2 Å². The molecule has 0 radical (unpaired) electrons. The molecule has 5 nitrogen and oxygen atoms in total. The van der Waals surface area contributed by atoms with E-state index >= 15 is 0 Å². The first-order chi connectivity index (χ1) is 12.8. The summed E-state index contributed by atoms with van der Waals surface area (Å²) in [4.78, 5) is 4.90. The Morgan fingerprint density at radius 2 is 2.04 bits per heavy atom. The third kappa shape index (κ3) is 4.87. The van der Waals surface area contributed by atoms with Gasteiger partial charge >= 0.3 is 0 Å². The summed E-state index contributed by atoms with van der Waals surface area (Å²) < 4.78 is 31.1. The fourth-order valence-electron chi connectivity index (χ4n) is 3.01. The van der Waals surface area contributed by atoms with Crippen LogP contribution in [0, 0.1) is 0 Å². The van der Waals surface area contributed by atoms with Crippen molar-refractivity contribution in [3.8, 4) is 5.75 Å². The molecule has 8 heteroatoms. The fourth-order valence-corrected chi connectivity index (χ4v) is 5.17.